The Kier molecular flexibility index (Phi) is 25.0. The van der Waals surface area contributed by atoms with Gasteiger partial charge >= 0.3 is 0 Å². The second-order valence-electron chi connectivity index (χ2n) is 18.9. The van der Waals surface area contributed by atoms with Crippen LogP contribution in [0.15, 0.2) is 0 Å². The molecule has 9 unspecified atom stereocenters. The Labute approximate surface area is 289 Å². The smallest absolute Gasteiger partial charge is 0.0383 e. The maximum Gasteiger partial charge on any atom is -0.0383 e. The molecule has 3 fully saturated rings. The zero-order valence-corrected chi connectivity index (χ0v) is 34.6. The average molecular weight is 633 g/mol. The molecular weight excluding hydrogens is 540 g/mol. The fourth-order valence-electron chi connectivity index (χ4n) is 8.11. The zero-order valence-electron chi connectivity index (χ0n) is 34.6. The number of hydrogen-bond acceptors (Lipinski definition) is 0. The standard InChI is InChI=1S/C18H36.C14H28.C7H14.C6H14/c1-7-13(3)14(4)11-15(5)16(6)18-10-9-17(8-2)12-18;1-12(2)11-13(3)9-10-14-7-5-4-6-8-14;1-6-4-3-5-7(6)2;1-5-6(2,3)4/h13-18H,7-12H2,1-6H3;12-14H,4-11H2,1-3H3;6-7H,3-5H2,1-2H3;5H2,1-4H3. The Hall–Kier alpha value is 0. The molecule has 0 nitrogen and oxygen atoms in total. The minimum Gasteiger partial charge on any atom is -0.0651 e. The van der Waals surface area contributed by atoms with Crippen LogP contribution < -0.4 is 0 Å². The third-order valence-electron chi connectivity index (χ3n) is 13.2. The van der Waals surface area contributed by atoms with Crippen LogP contribution in [0.2, 0.25) is 0 Å². The van der Waals surface area contributed by atoms with Crippen molar-refractivity contribution < 1.29 is 0 Å². The van der Waals surface area contributed by atoms with E-state index >= 15 is 0 Å². The van der Waals surface area contributed by atoms with E-state index in [9.17, 15) is 0 Å². The summed E-state index contributed by atoms with van der Waals surface area (Å²) in [4.78, 5) is 0. The molecule has 0 bridgehead atoms. The van der Waals surface area contributed by atoms with Gasteiger partial charge in [-0.1, -0.05) is 194 Å². The van der Waals surface area contributed by atoms with Crippen LogP contribution in [0.4, 0.5) is 0 Å². The van der Waals surface area contributed by atoms with Crippen molar-refractivity contribution >= 4 is 0 Å². The van der Waals surface area contributed by atoms with Gasteiger partial charge < -0.3 is 0 Å². The molecule has 45 heavy (non-hydrogen) atoms. The molecule has 0 heteroatoms. The van der Waals surface area contributed by atoms with Crippen molar-refractivity contribution in [2.24, 2.45) is 70.5 Å². The number of rotatable bonds is 12. The van der Waals surface area contributed by atoms with Gasteiger partial charge in [0.25, 0.3) is 0 Å². The lowest BCUT2D eigenvalue weighted by Gasteiger charge is -2.30. The van der Waals surface area contributed by atoms with Gasteiger partial charge in [0.05, 0.1) is 0 Å². The van der Waals surface area contributed by atoms with E-state index in [4.69, 9.17) is 0 Å². The highest BCUT2D eigenvalue weighted by molar-refractivity contribution is 4.81. The molecule has 9 atom stereocenters. The Balaban J connectivity index is 0.000000630. The predicted molar refractivity (Wildman–Crippen MR) is 209 cm³/mol. The highest BCUT2D eigenvalue weighted by Crippen LogP contribution is 2.41. The minimum absolute atomic E-state index is 0.542. The van der Waals surface area contributed by atoms with Crippen molar-refractivity contribution in [2.75, 3.05) is 0 Å². The highest BCUT2D eigenvalue weighted by atomic mass is 14.4. The summed E-state index contributed by atoms with van der Waals surface area (Å²) in [5.41, 5.74) is 0.542. The van der Waals surface area contributed by atoms with Crippen molar-refractivity contribution in [3.63, 3.8) is 0 Å². The molecule has 0 aromatic rings. The molecule has 0 heterocycles. The molecule has 3 aliphatic carbocycles. The Bertz CT molecular complexity index is 639. The molecule has 0 N–H and O–H groups in total. The van der Waals surface area contributed by atoms with Crippen molar-refractivity contribution in [2.45, 2.75) is 219 Å². The third kappa shape index (κ3) is 22.3. The van der Waals surface area contributed by atoms with Gasteiger partial charge in [0.1, 0.15) is 0 Å². The topological polar surface area (TPSA) is 0 Å². The highest BCUT2D eigenvalue weighted by Gasteiger charge is 2.31. The molecular formula is C45H92. The Morgan fingerprint density at radius 2 is 1.16 bits per heavy atom. The summed E-state index contributed by atoms with van der Waals surface area (Å²) in [5.74, 6) is 10.7. The lowest BCUT2D eigenvalue weighted by molar-refractivity contribution is 0.202. The van der Waals surface area contributed by atoms with Crippen LogP contribution >= 0.6 is 0 Å². The fraction of sp³-hybridized carbons (Fsp3) is 1.00. The molecule has 3 saturated carbocycles. The lowest BCUT2D eigenvalue weighted by Crippen LogP contribution is -2.21. The van der Waals surface area contributed by atoms with E-state index in [0.29, 0.717) is 5.41 Å². The van der Waals surface area contributed by atoms with Crippen molar-refractivity contribution in [1.29, 1.82) is 0 Å². The summed E-state index contributed by atoms with van der Waals surface area (Å²) >= 11 is 0. The SMILES string of the molecule is CC(C)CC(C)CCC1CCCCC1.CC1CCCC1C.CCC(C)(C)C.CCC1CCC(C(C)C(C)CC(C)C(C)CC)C1. The predicted octanol–water partition coefficient (Wildman–Crippen LogP) is 16.1. The van der Waals surface area contributed by atoms with Gasteiger partial charge in [0.15, 0.2) is 0 Å². The summed E-state index contributed by atoms with van der Waals surface area (Å²) in [7, 11) is 0. The van der Waals surface area contributed by atoms with Gasteiger partial charge in [-0.05, 0) is 96.2 Å². The summed E-state index contributed by atoms with van der Waals surface area (Å²) < 4.78 is 0. The maximum absolute atomic E-state index is 2.52. The summed E-state index contributed by atoms with van der Waals surface area (Å²) in [6, 6.07) is 0. The lowest BCUT2D eigenvalue weighted by atomic mass is 9.76. The van der Waals surface area contributed by atoms with Crippen LogP contribution in [-0.2, 0) is 0 Å². The Morgan fingerprint density at radius 1 is 0.600 bits per heavy atom. The molecule has 272 valence electrons. The van der Waals surface area contributed by atoms with Crippen LogP contribution in [-0.4, -0.2) is 0 Å². The first kappa shape index (κ1) is 45.0. The van der Waals surface area contributed by atoms with Crippen LogP contribution in [0.3, 0.4) is 0 Å². The Morgan fingerprint density at radius 3 is 1.56 bits per heavy atom. The van der Waals surface area contributed by atoms with E-state index in [1.165, 1.54) is 116 Å². The molecule has 0 amide bonds. The fourth-order valence-corrected chi connectivity index (χ4v) is 8.11. The van der Waals surface area contributed by atoms with Crippen molar-refractivity contribution in [3.8, 4) is 0 Å². The minimum atomic E-state index is 0.542. The largest absolute Gasteiger partial charge is 0.0651 e. The van der Waals surface area contributed by atoms with Gasteiger partial charge in [-0.15, -0.1) is 0 Å². The summed E-state index contributed by atoms with van der Waals surface area (Å²) in [6.45, 7) is 35.4. The van der Waals surface area contributed by atoms with Gasteiger partial charge in [-0.3, -0.25) is 0 Å². The normalized spacial score (nSPS) is 27.2. The molecule has 0 saturated heterocycles. The first-order valence-electron chi connectivity index (χ1n) is 21.0. The zero-order chi connectivity index (χ0) is 34.6. The average Bonchev–Trinajstić information content (AvgIpc) is 3.64. The quantitative estimate of drug-likeness (QED) is 0.201. The molecule has 0 aromatic carbocycles. The first-order valence-corrected chi connectivity index (χ1v) is 21.0. The van der Waals surface area contributed by atoms with E-state index in [-0.39, 0.29) is 0 Å². The molecule has 3 aliphatic rings. The van der Waals surface area contributed by atoms with E-state index in [0.717, 1.165) is 65.1 Å². The van der Waals surface area contributed by atoms with E-state index in [1.807, 2.05) is 0 Å². The monoisotopic (exact) mass is 633 g/mol. The van der Waals surface area contributed by atoms with Crippen LogP contribution in [0.25, 0.3) is 0 Å². The first-order chi connectivity index (χ1) is 21.0. The van der Waals surface area contributed by atoms with Crippen molar-refractivity contribution in [1.82, 2.24) is 0 Å². The van der Waals surface area contributed by atoms with Gasteiger partial charge in [0.2, 0.25) is 0 Å². The van der Waals surface area contributed by atoms with Gasteiger partial charge in [0, 0.05) is 0 Å². The van der Waals surface area contributed by atoms with Crippen molar-refractivity contribution in [3.05, 3.63) is 0 Å². The van der Waals surface area contributed by atoms with Crippen LogP contribution in [0, 0.1) is 70.5 Å². The maximum atomic E-state index is 2.52. The van der Waals surface area contributed by atoms with Gasteiger partial charge in [-0.2, -0.15) is 0 Å². The second-order valence-corrected chi connectivity index (χ2v) is 18.9. The molecule has 0 aliphatic heterocycles. The number of hydrogen-bond donors (Lipinski definition) is 0. The van der Waals surface area contributed by atoms with Crippen LogP contribution in [0.1, 0.15) is 219 Å². The molecule has 3 rings (SSSR count). The summed E-state index contributed by atoms with van der Waals surface area (Å²) in [6.07, 6.45) is 26.3. The van der Waals surface area contributed by atoms with Crippen LogP contribution in [0.5, 0.6) is 0 Å². The summed E-state index contributed by atoms with van der Waals surface area (Å²) in [5, 5.41) is 0. The van der Waals surface area contributed by atoms with E-state index < -0.39 is 0 Å². The van der Waals surface area contributed by atoms with E-state index in [2.05, 4.69) is 104 Å². The molecule has 0 aromatic heterocycles. The second kappa shape index (κ2) is 25.0. The van der Waals surface area contributed by atoms with E-state index in [1.54, 1.807) is 0 Å². The van der Waals surface area contributed by atoms with Gasteiger partial charge in [-0.25, -0.2) is 0 Å². The molecule has 0 spiro atoms. The third-order valence-corrected chi connectivity index (χ3v) is 13.2. The molecule has 0 radical (unpaired) electrons.